The number of aryl methyl sites for hydroxylation is 1. The van der Waals surface area contributed by atoms with Crippen LogP contribution in [0.1, 0.15) is 27.0 Å². The van der Waals surface area contributed by atoms with Gasteiger partial charge in [-0.05, 0) is 48.1 Å². The van der Waals surface area contributed by atoms with Gasteiger partial charge in [0.25, 0.3) is 0 Å². The topological polar surface area (TPSA) is 72.0 Å². The van der Waals surface area contributed by atoms with Crippen LogP contribution in [0.4, 0.5) is 0 Å². The number of carbonyl (C=O) groups is 1. The quantitative estimate of drug-likeness (QED) is 0.321. The number of nitrogens with one attached hydrogen (secondary N) is 2. The molecule has 0 unspecified atom stereocenters. The molecule has 0 atom stereocenters. The maximum Gasteiger partial charge on any atom is 0.341 e. The number of ether oxygens (including phenoxy) is 2. The average molecular weight is 402 g/mol. The van der Waals surface area contributed by atoms with Crippen molar-refractivity contribution in [3.63, 3.8) is 0 Å². The molecule has 2 rings (SSSR count). The predicted molar refractivity (Wildman–Crippen MR) is 114 cm³/mol. The van der Waals surface area contributed by atoms with Gasteiger partial charge in [0.1, 0.15) is 11.3 Å². The van der Waals surface area contributed by atoms with Crippen LogP contribution in [0.5, 0.6) is 5.75 Å². The van der Waals surface area contributed by atoms with Gasteiger partial charge in [0.05, 0.1) is 14.2 Å². The maximum absolute atomic E-state index is 11.9. The van der Waals surface area contributed by atoms with Crippen LogP contribution in [0.2, 0.25) is 0 Å². The van der Waals surface area contributed by atoms with Gasteiger partial charge in [-0.25, -0.2) is 4.79 Å². The average Bonchev–Trinajstić information content (AvgIpc) is 2.73. The second-order valence-corrected chi connectivity index (χ2v) is 6.97. The molecular formula is C21H27N3O3S. The van der Waals surface area contributed by atoms with Crippen LogP contribution in [0.3, 0.4) is 0 Å². The molecule has 0 heterocycles. The molecule has 150 valence electrons. The number of esters is 1. The van der Waals surface area contributed by atoms with Crippen molar-refractivity contribution in [1.82, 2.24) is 10.6 Å². The van der Waals surface area contributed by atoms with E-state index in [9.17, 15) is 4.79 Å². The minimum atomic E-state index is -0.426. The summed E-state index contributed by atoms with van der Waals surface area (Å²) in [7, 11) is 4.61. The second-order valence-electron chi connectivity index (χ2n) is 6.12. The van der Waals surface area contributed by atoms with Crippen LogP contribution in [-0.4, -0.2) is 39.5 Å². The van der Waals surface area contributed by atoms with Gasteiger partial charge >= 0.3 is 5.97 Å². The molecule has 6 nitrogen and oxygen atoms in total. The van der Waals surface area contributed by atoms with Crippen LogP contribution in [0, 0.1) is 6.92 Å². The molecule has 28 heavy (non-hydrogen) atoms. The summed E-state index contributed by atoms with van der Waals surface area (Å²) in [5.41, 5.74) is 3.79. The third kappa shape index (κ3) is 5.66. The number of methoxy groups -OCH3 is 2. The Kier molecular flexibility index (Phi) is 8.19. The fourth-order valence-electron chi connectivity index (χ4n) is 2.72. The number of hydrogen-bond acceptors (Lipinski definition) is 5. The molecule has 0 radical (unpaired) electrons. The second kappa shape index (κ2) is 10.6. The minimum absolute atomic E-state index is 0.400. The summed E-state index contributed by atoms with van der Waals surface area (Å²) in [5, 5.41) is 6.60. The summed E-state index contributed by atoms with van der Waals surface area (Å²) in [6.07, 6.45) is 2.08. The van der Waals surface area contributed by atoms with E-state index < -0.39 is 5.97 Å². The van der Waals surface area contributed by atoms with E-state index >= 15 is 0 Å². The van der Waals surface area contributed by atoms with Crippen LogP contribution in [-0.2, 0) is 17.8 Å². The molecule has 0 saturated heterocycles. The third-order valence-corrected chi connectivity index (χ3v) is 5.06. The fourth-order valence-corrected chi connectivity index (χ4v) is 3.42. The van der Waals surface area contributed by atoms with E-state index in [2.05, 4.69) is 47.0 Å². The largest absolute Gasteiger partial charge is 0.496 e. The Labute approximate surface area is 170 Å². The molecule has 2 aromatic rings. The smallest absolute Gasteiger partial charge is 0.341 e. The molecule has 0 aliphatic heterocycles. The van der Waals surface area contributed by atoms with Crippen molar-refractivity contribution in [3.05, 3.63) is 58.7 Å². The number of benzene rings is 2. The van der Waals surface area contributed by atoms with Crippen LogP contribution < -0.4 is 15.4 Å². The van der Waals surface area contributed by atoms with Crippen molar-refractivity contribution in [2.75, 3.05) is 27.5 Å². The first-order valence-electron chi connectivity index (χ1n) is 8.85. The molecule has 0 spiro atoms. The highest BCUT2D eigenvalue weighted by Gasteiger charge is 2.13. The van der Waals surface area contributed by atoms with E-state index in [4.69, 9.17) is 9.47 Å². The highest BCUT2D eigenvalue weighted by Crippen LogP contribution is 2.22. The molecule has 0 saturated carbocycles. The highest BCUT2D eigenvalue weighted by atomic mass is 32.2. The van der Waals surface area contributed by atoms with Crippen LogP contribution in [0.15, 0.2) is 46.3 Å². The zero-order chi connectivity index (χ0) is 20.5. The monoisotopic (exact) mass is 401 g/mol. The number of hydrogen-bond donors (Lipinski definition) is 2. The molecule has 0 aromatic heterocycles. The fraction of sp³-hybridized carbons (Fsp3) is 0.333. The highest BCUT2D eigenvalue weighted by molar-refractivity contribution is 7.98. The predicted octanol–water partition coefficient (Wildman–Crippen LogP) is 3.38. The Bertz CT molecular complexity index is 853. The Morgan fingerprint density at radius 2 is 1.86 bits per heavy atom. The normalized spacial score (nSPS) is 11.1. The number of thioether (sulfide) groups is 1. The summed E-state index contributed by atoms with van der Waals surface area (Å²) >= 11 is 1.73. The summed E-state index contributed by atoms with van der Waals surface area (Å²) in [5.74, 6) is 0.746. The first kappa shape index (κ1) is 21.6. The van der Waals surface area contributed by atoms with E-state index in [1.165, 1.54) is 30.2 Å². The summed E-state index contributed by atoms with van der Waals surface area (Å²) in [4.78, 5) is 17.4. The molecule has 0 aliphatic carbocycles. The Balaban J connectivity index is 2.02. The molecule has 2 aromatic carbocycles. The van der Waals surface area contributed by atoms with E-state index in [1.54, 1.807) is 30.9 Å². The van der Waals surface area contributed by atoms with Gasteiger partial charge in [0, 0.05) is 25.0 Å². The number of carbonyl (C=O) groups excluding carboxylic acids is 1. The minimum Gasteiger partial charge on any atom is -0.496 e. The Morgan fingerprint density at radius 3 is 2.50 bits per heavy atom. The number of guanidine groups is 1. The zero-order valence-electron chi connectivity index (χ0n) is 17.0. The van der Waals surface area contributed by atoms with Gasteiger partial charge in [-0.3, -0.25) is 4.99 Å². The van der Waals surface area contributed by atoms with E-state index in [0.717, 1.165) is 5.56 Å². The third-order valence-electron chi connectivity index (χ3n) is 4.24. The number of aliphatic imine (C=N–C) groups is 1. The summed E-state index contributed by atoms with van der Waals surface area (Å²) in [6, 6.07) is 11.8. The molecule has 0 amide bonds. The van der Waals surface area contributed by atoms with Crippen molar-refractivity contribution in [3.8, 4) is 5.75 Å². The van der Waals surface area contributed by atoms with Gasteiger partial charge in [-0.15, -0.1) is 11.8 Å². The first-order valence-corrected chi connectivity index (χ1v) is 10.1. The lowest BCUT2D eigenvalue weighted by molar-refractivity contribution is 0.0597. The molecule has 0 aliphatic rings. The van der Waals surface area contributed by atoms with Gasteiger partial charge in [0.15, 0.2) is 5.96 Å². The standard InChI is InChI=1S/C21H27N3O3S/c1-14-6-8-16(19(10-14)28-5)13-24-21(22-2)23-12-15-7-9-18(26-3)17(11-15)20(25)27-4/h6-11H,12-13H2,1-5H3,(H2,22,23,24). The Hall–Kier alpha value is -2.67. The van der Waals surface area contributed by atoms with E-state index in [0.29, 0.717) is 30.4 Å². The van der Waals surface area contributed by atoms with Crippen molar-refractivity contribution in [1.29, 1.82) is 0 Å². The van der Waals surface area contributed by atoms with Crippen molar-refractivity contribution < 1.29 is 14.3 Å². The van der Waals surface area contributed by atoms with Gasteiger partial charge in [-0.1, -0.05) is 18.2 Å². The van der Waals surface area contributed by atoms with Crippen LogP contribution in [0.25, 0.3) is 0 Å². The van der Waals surface area contributed by atoms with E-state index in [-0.39, 0.29) is 0 Å². The summed E-state index contributed by atoms with van der Waals surface area (Å²) in [6.45, 7) is 3.28. The Morgan fingerprint density at radius 1 is 1.11 bits per heavy atom. The number of rotatable bonds is 7. The summed E-state index contributed by atoms with van der Waals surface area (Å²) < 4.78 is 10.0. The molecule has 2 N–H and O–H groups in total. The van der Waals surface area contributed by atoms with Crippen molar-refractivity contribution in [2.24, 2.45) is 4.99 Å². The first-order chi connectivity index (χ1) is 13.5. The van der Waals surface area contributed by atoms with Gasteiger partial charge < -0.3 is 20.1 Å². The van der Waals surface area contributed by atoms with E-state index in [1.807, 2.05) is 6.07 Å². The lowest BCUT2D eigenvalue weighted by atomic mass is 10.1. The lowest BCUT2D eigenvalue weighted by Gasteiger charge is -2.15. The number of nitrogens with zero attached hydrogens (tertiary/aromatic N) is 1. The van der Waals surface area contributed by atoms with Crippen molar-refractivity contribution in [2.45, 2.75) is 24.9 Å². The lowest BCUT2D eigenvalue weighted by Crippen LogP contribution is -2.36. The molecule has 0 fully saturated rings. The molecule has 0 bridgehead atoms. The maximum atomic E-state index is 11.9. The SMILES string of the molecule is CN=C(NCc1ccc(OC)c(C(=O)OC)c1)NCc1ccc(C)cc1SC. The van der Waals surface area contributed by atoms with Crippen LogP contribution >= 0.6 is 11.8 Å². The zero-order valence-corrected chi connectivity index (χ0v) is 17.8. The molecule has 7 heteroatoms. The molecular weight excluding hydrogens is 374 g/mol. The van der Waals surface area contributed by atoms with Crippen molar-refractivity contribution >= 4 is 23.7 Å². The van der Waals surface area contributed by atoms with Gasteiger partial charge in [-0.2, -0.15) is 0 Å². The van der Waals surface area contributed by atoms with Gasteiger partial charge in [0.2, 0.25) is 0 Å².